The second-order valence-corrected chi connectivity index (χ2v) is 9.68. The smallest absolute Gasteiger partial charge is 0.426 e. The van der Waals surface area contributed by atoms with Crippen molar-refractivity contribution in [2.45, 2.75) is 98.9 Å². The van der Waals surface area contributed by atoms with E-state index < -0.39 is 17.4 Å². The Balaban J connectivity index is 2.03. The van der Waals surface area contributed by atoms with Gasteiger partial charge in [0.15, 0.2) is 0 Å². The summed E-state index contributed by atoms with van der Waals surface area (Å²) in [6, 6.07) is 0. The molecule has 2 atom stereocenters. The Kier molecular flexibility index (Phi) is 6.64. The van der Waals surface area contributed by atoms with Crippen molar-refractivity contribution in [3.8, 4) is 0 Å². The molecule has 0 aliphatic heterocycles. The third kappa shape index (κ3) is 4.19. The van der Waals surface area contributed by atoms with Gasteiger partial charge in [0.2, 0.25) is 0 Å². The van der Waals surface area contributed by atoms with E-state index in [-0.39, 0.29) is 9.65 Å². The summed E-state index contributed by atoms with van der Waals surface area (Å²) in [5.74, 6) is 0. The van der Waals surface area contributed by atoms with Gasteiger partial charge in [0.05, 0.1) is 9.65 Å². The normalized spacial score (nSPS) is 26.7. The van der Waals surface area contributed by atoms with Gasteiger partial charge in [-0.15, -0.1) is 0 Å². The summed E-state index contributed by atoms with van der Waals surface area (Å²) in [6.07, 6.45) is 10.1. The summed E-state index contributed by atoms with van der Waals surface area (Å²) in [5, 5.41) is 0. The van der Waals surface area contributed by atoms with Crippen LogP contribution in [0.15, 0.2) is 0 Å². The van der Waals surface area contributed by atoms with Crippen LogP contribution in [0.5, 0.6) is 0 Å². The molecule has 0 bridgehead atoms. The van der Waals surface area contributed by atoms with Gasteiger partial charge < -0.3 is 9.47 Å². The largest absolute Gasteiger partial charge is 0.509 e. The highest BCUT2D eigenvalue weighted by Crippen LogP contribution is 2.41. The predicted octanol–water partition coefficient (Wildman–Crippen LogP) is 6.11. The Morgan fingerprint density at radius 3 is 1.36 bits per heavy atom. The highest BCUT2D eigenvalue weighted by molar-refractivity contribution is 9.09. The maximum absolute atomic E-state index is 12.5. The third-order valence-corrected chi connectivity index (χ3v) is 7.09. The van der Waals surface area contributed by atoms with E-state index in [1.165, 1.54) is 12.8 Å². The molecule has 2 aliphatic carbocycles. The van der Waals surface area contributed by atoms with Crippen molar-refractivity contribution < 1.29 is 14.3 Å². The Labute approximate surface area is 151 Å². The average Bonchev–Trinajstić information content (AvgIpc) is 2.48. The highest BCUT2D eigenvalue weighted by atomic mass is 79.9. The van der Waals surface area contributed by atoms with Gasteiger partial charge in [0.25, 0.3) is 0 Å². The van der Waals surface area contributed by atoms with E-state index in [4.69, 9.17) is 9.47 Å². The maximum Gasteiger partial charge on any atom is 0.509 e. The van der Waals surface area contributed by atoms with E-state index in [0.29, 0.717) is 0 Å². The van der Waals surface area contributed by atoms with Gasteiger partial charge in [0.1, 0.15) is 11.2 Å². The number of rotatable bonds is 4. The van der Waals surface area contributed by atoms with Crippen molar-refractivity contribution in [3.05, 3.63) is 0 Å². The van der Waals surface area contributed by atoms with Crippen molar-refractivity contribution in [2.24, 2.45) is 0 Å². The summed E-state index contributed by atoms with van der Waals surface area (Å²) in [5.41, 5.74) is -0.804. The lowest BCUT2D eigenvalue weighted by atomic mass is 9.82. The molecular formula is C17H28Br2O3. The van der Waals surface area contributed by atoms with Crippen LogP contribution < -0.4 is 0 Å². The standard InChI is InChI=1S/C17H28Br2O3/c1-13(18)16(9-5-3-6-10-16)21-15(20)22-17(14(2)19)11-7-4-8-12-17/h13-14H,3-12H2,1-2H3. The van der Waals surface area contributed by atoms with Crippen LogP contribution in [0.1, 0.15) is 78.1 Å². The second-order valence-electron chi connectivity index (χ2n) is 6.94. The quantitative estimate of drug-likeness (QED) is 0.391. The monoisotopic (exact) mass is 438 g/mol. The average molecular weight is 440 g/mol. The van der Waals surface area contributed by atoms with Crippen LogP contribution in [0.4, 0.5) is 4.79 Å². The van der Waals surface area contributed by atoms with Crippen molar-refractivity contribution in [1.29, 1.82) is 0 Å². The molecule has 0 amide bonds. The lowest BCUT2D eigenvalue weighted by Crippen LogP contribution is -2.48. The third-order valence-electron chi connectivity index (χ3n) is 5.42. The molecule has 2 fully saturated rings. The lowest BCUT2D eigenvalue weighted by Gasteiger charge is -2.42. The van der Waals surface area contributed by atoms with Gasteiger partial charge >= 0.3 is 6.16 Å². The van der Waals surface area contributed by atoms with Gasteiger partial charge in [-0.05, 0) is 65.2 Å². The van der Waals surface area contributed by atoms with Crippen molar-refractivity contribution >= 4 is 38.0 Å². The van der Waals surface area contributed by atoms with Crippen LogP contribution in [-0.2, 0) is 9.47 Å². The first-order valence-electron chi connectivity index (χ1n) is 8.60. The molecule has 0 saturated heterocycles. The molecule has 2 rings (SSSR count). The van der Waals surface area contributed by atoms with E-state index >= 15 is 0 Å². The topological polar surface area (TPSA) is 35.5 Å². The van der Waals surface area contributed by atoms with Crippen LogP contribution in [0.3, 0.4) is 0 Å². The summed E-state index contributed by atoms with van der Waals surface area (Å²) in [7, 11) is 0. The number of hydrogen-bond acceptors (Lipinski definition) is 3. The zero-order valence-corrected chi connectivity index (χ0v) is 16.9. The minimum absolute atomic E-state index is 0.150. The number of carbonyl (C=O) groups excluding carboxylic acids is 1. The van der Waals surface area contributed by atoms with E-state index in [9.17, 15) is 4.79 Å². The molecule has 0 heterocycles. The molecule has 128 valence electrons. The minimum atomic E-state index is -0.485. The summed E-state index contributed by atoms with van der Waals surface area (Å²) in [6.45, 7) is 4.14. The fraction of sp³-hybridized carbons (Fsp3) is 0.941. The Bertz CT molecular complexity index is 336. The summed E-state index contributed by atoms with van der Waals surface area (Å²) in [4.78, 5) is 12.8. The van der Waals surface area contributed by atoms with E-state index in [2.05, 4.69) is 45.7 Å². The van der Waals surface area contributed by atoms with Crippen molar-refractivity contribution in [3.63, 3.8) is 0 Å². The Morgan fingerprint density at radius 2 is 1.09 bits per heavy atom. The molecule has 0 aromatic rings. The fourth-order valence-electron chi connectivity index (χ4n) is 3.82. The molecule has 0 radical (unpaired) electrons. The first-order chi connectivity index (χ1) is 10.4. The first kappa shape index (κ1) is 18.6. The van der Waals surface area contributed by atoms with Crippen LogP contribution in [0.2, 0.25) is 0 Å². The summed E-state index contributed by atoms with van der Waals surface area (Å²) >= 11 is 7.29. The number of ether oxygens (including phenoxy) is 2. The van der Waals surface area contributed by atoms with Crippen molar-refractivity contribution in [2.75, 3.05) is 0 Å². The molecule has 0 spiro atoms. The second kappa shape index (κ2) is 7.87. The molecule has 2 saturated carbocycles. The number of halogens is 2. The maximum atomic E-state index is 12.5. The molecule has 2 unspecified atom stereocenters. The van der Waals surface area contributed by atoms with Gasteiger partial charge in [-0.1, -0.05) is 44.7 Å². The van der Waals surface area contributed by atoms with Crippen LogP contribution >= 0.6 is 31.9 Å². The van der Waals surface area contributed by atoms with Crippen LogP contribution in [0.25, 0.3) is 0 Å². The van der Waals surface area contributed by atoms with Gasteiger partial charge in [0, 0.05) is 0 Å². The zero-order valence-electron chi connectivity index (χ0n) is 13.7. The summed E-state index contributed by atoms with van der Waals surface area (Å²) < 4.78 is 11.8. The predicted molar refractivity (Wildman–Crippen MR) is 96.0 cm³/mol. The van der Waals surface area contributed by atoms with Crippen LogP contribution in [-0.4, -0.2) is 27.0 Å². The molecule has 0 N–H and O–H groups in total. The fourth-order valence-corrected chi connectivity index (χ4v) is 4.92. The van der Waals surface area contributed by atoms with E-state index in [1.54, 1.807) is 0 Å². The van der Waals surface area contributed by atoms with Gasteiger partial charge in [-0.25, -0.2) is 4.79 Å². The van der Waals surface area contributed by atoms with Gasteiger partial charge in [-0.3, -0.25) is 0 Å². The zero-order chi connectivity index (χ0) is 16.2. The number of hydrogen-bond donors (Lipinski definition) is 0. The molecule has 3 nitrogen and oxygen atoms in total. The van der Waals surface area contributed by atoms with Crippen LogP contribution in [0, 0.1) is 0 Å². The van der Waals surface area contributed by atoms with Crippen molar-refractivity contribution in [1.82, 2.24) is 0 Å². The van der Waals surface area contributed by atoms with E-state index in [1.807, 2.05) is 0 Å². The SMILES string of the molecule is CC(Br)C1(OC(=O)OC2(C(C)Br)CCCCC2)CCCCC1. The molecule has 2 aliphatic rings. The highest BCUT2D eigenvalue weighted by Gasteiger charge is 2.45. The first-order valence-corrected chi connectivity index (χ1v) is 10.4. The molecule has 22 heavy (non-hydrogen) atoms. The Hall–Kier alpha value is 0.230. The minimum Gasteiger partial charge on any atom is -0.426 e. The van der Waals surface area contributed by atoms with E-state index in [0.717, 1.165) is 51.4 Å². The lowest BCUT2D eigenvalue weighted by molar-refractivity contribution is -0.0996. The molecule has 0 aromatic carbocycles. The molecular weight excluding hydrogens is 412 g/mol. The molecule has 0 aromatic heterocycles. The Morgan fingerprint density at radius 1 is 0.773 bits per heavy atom. The molecule has 5 heteroatoms. The van der Waals surface area contributed by atoms with Gasteiger partial charge in [-0.2, -0.15) is 0 Å². The number of alkyl halides is 2. The number of carbonyl (C=O) groups is 1.